The molecule has 0 saturated heterocycles. The fourth-order valence-corrected chi connectivity index (χ4v) is 2.71. The third kappa shape index (κ3) is 4.86. The van der Waals surface area contributed by atoms with Crippen LogP contribution in [-0.4, -0.2) is 12.6 Å². The minimum Gasteiger partial charge on any atom is -0.314 e. The second-order valence-electron chi connectivity index (χ2n) is 6.13. The van der Waals surface area contributed by atoms with Crippen LogP contribution in [0.2, 0.25) is 0 Å². The normalized spacial score (nSPS) is 29.1. The smallest absolute Gasteiger partial charge is 0.00672 e. The van der Waals surface area contributed by atoms with E-state index in [9.17, 15) is 0 Å². The molecule has 3 atom stereocenters. The highest BCUT2D eigenvalue weighted by Crippen LogP contribution is 2.28. The molecule has 0 heterocycles. The van der Waals surface area contributed by atoms with E-state index in [2.05, 4.69) is 33.0 Å². The molecule has 1 aliphatic rings. The highest BCUT2D eigenvalue weighted by atomic mass is 14.9. The number of hydrogen-bond acceptors (Lipinski definition) is 1. The fraction of sp³-hybridized carbons (Fsp3) is 1.00. The molecule has 0 radical (unpaired) electrons. The van der Waals surface area contributed by atoms with Crippen molar-refractivity contribution in [2.45, 2.75) is 72.3 Å². The van der Waals surface area contributed by atoms with E-state index in [-0.39, 0.29) is 0 Å². The molecule has 1 heteroatoms. The van der Waals surface area contributed by atoms with Crippen LogP contribution in [0.4, 0.5) is 0 Å². The summed E-state index contributed by atoms with van der Waals surface area (Å²) in [5.74, 6) is 2.70. The second-order valence-corrected chi connectivity index (χ2v) is 6.13. The first-order chi connectivity index (χ1) is 7.63. The Balaban J connectivity index is 2.25. The van der Waals surface area contributed by atoms with Gasteiger partial charge in [0.2, 0.25) is 0 Å². The molecule has 1 N–H and O–H groups in total. The number of hydrogen-bond donors (Lipinski definition) is 1. The van der Waals surface area contributed by atoms with Crippen LogP contribution >= 0.6 is 0 Å². The largest absolute Gasteiger partial charge is 0.314 e. The summed E-state index contributed by atoms with van der Waals surface area (Å²) in [6, 6.07) is 0.803. The molecule has 96 valence electrons. The molecule has 1 rings (SSSR count). The lowest BCUT2D eigenvalue weighted by Crippen LogP contribution is -2.32. The van der Waals surface area contributed by atoms with E-state index in [1.807, 2.05) is 0 Å². The highest BCUT2D eigenvalue weighted by molar-refractivity contribution is 4.76. The van der Waals surface area contributed by atoms with E-state index >= 15 is 0 Å². The van der Waals surface area contributed by atoms with Crippen LogP contribution in [0.15, 0.2) is 0 Å². The van der Waals surface area contributed by atoms with Gasteiger partial charge in [-0.25, -0.2) is 0 Å². The summed E-state index contributed by atoms with van der Waals surface area (Å²) >= 11 is 0. The minimum absolute atomic E-state index is 0.803. The third-order valence-corrected chi connectivity index (χ3v) is 4.41. The summed E-state index contributed by atoms with van der Waals surface area (Å²) in [6.45, 7) is 10.6. The first kappa shape index (κ1) is 14.0. The predicted octanol–water partition coefficient (Wildman–Crippen LogP) is 4.23. The van der Waals surface area contributed by atoms with E-state index < -0.39 is 0 Å². The van der Waals surface area contributed by atoms with Gasteiger partial charge in [-0.3, -0.25) is 0 Å². The Labute approximate surface area is 102 Å². The van der Waals surface area contributed by atoms with Crippen LogP contribution in [-0.2, 0) is 0 Å². The maximum Gasteiger partial charge on any atom is 0.00672 e. The van der Waals surface area contributed by atoms with Crippen molar-refractivity contribution < 1.29 is 0 Å². The van der Waals surface area contributed by atoms with Gasteiger partial charge in [0.1, 0.15) is 0 Å². The Hall–Kier alpha value is -0.0400. The number of nitrogens with one attached hydrogen (secondary N) is 1. The van der Waals surface area contributed by atoms with Gasteiger partial charge in [-0.15, -0.1) is 0 Å². The van der Waals surface area contributed by atoms with Gasteiger partial charge < -0.3 is 5.32 Å². The summed E-state index contributed by atoms with van der Waals surface area (Å²) in [6.07, 6.45) is 8.43. The Kier molecular flexibility index (Phi) is 6.41. The average molecular weight is 225 g/mol. The quantitative estimate of drug-likeness (QED) is 0.691. The lowest BCUT2D eigenvalue weighted by molar-refractivity contribution is 0.335. The van der Waals surface area contributed by atoms with Crippen molar-refractivity contribution in [2.24, 2.45) is 17.8 Å². The van der Waals surface area contributed by atoms with Gasteiger partial charge in [0.25, 0.3) is 0 Å². The maximum atomic E-state index is 3.77. The van der Waals surface area contributed by atoms with Crippen LogP contribution in [0.25, 0.3) is 0 Å². The van der Waals surface area contributed by atoms with Crippen molar-refractivity contribution >= 4 is 0 Å². The van der Waals surface area contributed by atoms with Gasteiger partial charge in [-0.1, -0.05) is 47.0 Å². The molecule has 1 nitrogen and oxygen atoms in total. The zero-order valence-corrected chi connectivity index (χ0v) is 11.8. The third-order valence-electron chi connectivity index (χ3n) is 4.41. The molecule has 3 unspecified atom stereocenters. The Morgan fingerprint density at radius 1 is 1.06 bits per heavy atom. The van der Waals surface area contributed by atoms with Crippen LogP contribution in [0.1, 0.15) is 66.2 Å². The van der Waals surface area contributed by atoms with E-state index in [4.69, 9.17) is 0 Å². The Morgan fingerprint density at radius 3 is 2.44 bits per heavy atom. The Bertz CT molecular complexity index is 176. The van der Waals surface area contributed by atoms with Gasteiger partial charge in [0.05, 0.1) is 0 Å². The SMILES string of the molecule is CCC(C)CNC1CCCC(C(C)C)CC1. The van der Waals surface area contributed by atoms with Crippen molar-refractivity contribution in [3.05, 3.63) is 0 Å². The summed E-state index contributed by atoms with van der Waals surface area (Å²) in [4.78, 5) is 0. The standard InChI is InChI=1S/C15H31N/c1-5-13(4)11-16-15-8-6-7-14(9-10-15)12(2)3/h12-16H,5-11H2,1-4H3. The summed E-state index contributed by atoms with van der Waals surface area (Å²) < 4.78 is 0. The first-order valence-corrected chi connectivity index (χ1v) is 7.36. The summed E-state index contributed by atoms with van der Waals surface area (Å²) in [5, 5.41) is 3.77. The van der Waals surface area contributed by atoms with Gasteiger partial charge >= 0.3 is 0 Å². The Morgan fingerprint density at radius 2 is 1.81 bits per heavy atom. The van der Waals surface area contributed by atoms with E-state index in [0.29, 0.717) is 0 Å². The maximum absolute atomic E-state index is 3.77. The minimum atomic E-state index is 0.803. The fourth-order valence-electron chi connectivity index (χ4n) is 2.71. The molecule has 1 saturated carbocycles. The van der Waals surface area contributed by atoms with Crippen molar-refractivity contribution in [1.29, 1.82) is 0 Å². The molecular weight excluding hydrogens is 194 g/mol. The van der Waals surface area contributed by atoms with Crippen LogP contribution in [0.5, 0.6) is 0 Å². The lowest BCUT2D eigenvalue weighted by Gasteiger charge is -2.20. The second kappa shape index (κ2) is 7.32. The zero-order chi connectivity index (χ0) is 12.0. The molecule has 0 bridgehead atoms. The molecule has 0 spiro atoms. The van der Waals surface area contributed by atoms with Gasteiger partial charge in [-0.05, 0) is 43.6 Å². The highest BCUT2D eigenvalue weighted by Gasteiger charge is 2.20. The molecule has 0 aliphatic heterocycles. The van der Waals surface area contributed by atoms with Crippen LogP contribution < -0.4 is 5.32 Å². The number of rotatable bonds is 5. The monoisotopic (exact) mass is 225 g/mol. The molecule has 0 aromatic heterocycles. The van der Waals surface area contributed by atoms with Crippen LogP contribution in [0.3, 0.4) is 0 Å². The van der Waals surface area contributed by atoms with Gasteiger partial charge in [-0.2, -0.15) is 0 Å². The summed E-state index contributed by atoms with van der Waals surface area (Å²) in [5.41, 5.74) is 0. The van der Waals surface area contributed by atoms with Gasteiger partial charge in [0.15, 0.2) is 0 Å². The lowest BCUT2D eigenvalue weighted by atomic mass is 9.89. The van der Waals surface area contributed by atoms with Crippen molar-refractivity contribution in [2.75, 3.05) is 6.54 Å². The first-order valence-electron chi connectivity index (χ1n) is 7.36. The van der Waals surface area contributed by atoms with Crippen molar-refractivity contribution in [1.82, 2.24) is 5.32 Å². The molecule has 0 aromatic rings. The van der Waals surface area contributed by atoms with E-state index in [0.717, 1.165) is 23.8 Å². The molecule has 1 aliphatic carbocycles. The van der Waals surface area contributed by atoms with E-state index in [1.54, 1.807) is 0 Å². The molecule has 0 amide bonds. The molecule has 16 heavy (non-hydrogen) atoms. The molecular formula is C15H31N. The van der Waals surface area contributed by atoms with Gasteiger partial charge in [0, 0.05) is 6.04 Å². The average Bonchev–Trinajstić information content (AvgIpc) is 2.51. The zero-order valence-electron chi connectivity index (χ0n) is 11.8. The van der Waals surface area contributed by atoms with E-state index in [1.165, 1.54) is 45.1 Å². The van der Waals surface area contributed by atoms with Crippen molar-refractivity contribution in [3.63, 3.8) is 0 Å². The van der Waals surface area contributed by atoms with Crippen molar-refractivity contribution in [3.8, 4) is 0 Å². The molecule has 0 aromatic carbocycles. The topological polar surface area (TPSA) is 12.0 Å². The summed E-state index contributed by atoms with van der Waals surface area (Å²) in [7, 11) is 0. The predicted molar refractivity (Wildman–Crippen MR) is 72.7 cm³/mol. The van der Waals surface area contributed by atoms with Crippen LogP contribution in [0, 0.1) is 17.8 Å². The molecule has 1 fully saturated rings.